The highest BCUT2D eigenvalue weighted by atomic mass is 16.1. The molecule has 1 N–H and O–H groups in total. The van der Waals surface area contributed by atoms with Crippen LogP contribution in [0.2, 0.25) is 0 Å². The number of carbonyl (C=O) groups is 1. The Morgan fingerprint density at radius 3 is 2.62 bits per heavy atom. The molecule has 0 fully saturated rings. The lowest BCUT2D eigenvalue weighted by Gasteiger charge is -2.09. The Morgan fingerprint density at radius 1 is 1.00 bits per heavy atom. The molecular weight excluding hydrogens is 326 g/mol. The van der Waals surface area contributed by atoms with Crippen LogP contribution in [0.4, 0.5) is 5.82 Å². The Morgan fingerprint density at radius 2 is 1.81 bits per heavy atom. The summed E-state index contributed by atoms with van der Waals surface area (Å²) < 4.78 is 1.73. The van der Waals surface area contributed by atoms with Crippen molar-refractivity contribution < 1.29 is 4.79 Å². The van der Waals surface area contributed by atoms with Gasteiger partial charge in [-0.1, -0.05) is 36.4 Å². The summed E-state index contributed by atoms with van der Waals surface area (Å²) in [6.45, 7) is 3.88. The molecule has 0 saturated heterocycles. The molecule has 6 nitrogen and oxygen atoms in total. The maximum Gasteiger partial charge on any atom is 0.257 e. The smallest absolute Gasteiger partial charge is 0.257 e. The van der Waals surface area contributed by atoms with Crippen molar-refractivity contribution in [3.63, 3.8) is 0 Å². The number of aryl methyl sites for hydroxylation is 2. The fourth-order valence-corrected chi connectivity index (χ4v) is 3.00. The Bertz CT molecular complexity index is 1110. The van der Waals surface area contributed by atoms with Gasteiger partial charge in [0.25, 0.3) is 5.91 Å². The average Bonchev–Trinajstić information content (AvgIpc) is 2.99. The van der Waals surface area contributed by atoms with E-state index in [1.54, 1.807) is 16.8 Å². The van der Waals surface area contributed by atoms with Gasteiger partial charge in [0, 0.05) is 17.3 Å². The maximum absolute atomic E-state index is 12.8. The Balaban J connectivity index is 1.66. The molecule has 0 unspecified atom stereocenters. The summed E-state index contributed by atoms with van der Waals surface area (Å²) in [5.41, 5.74) is 2.48. The number of nitrogens with zero attached hydrogens (tertiary/aromatic N) is 4. The van der Waals surface area contributed by atoms with Crippen LogP contribution in [0, 0.1) is 13.8 Å². The van der Waals surface area contributed by atoms with E-state index in [1.165, 1.54) is 6.33 Å². The first-order chi connectivity index (χ1) is 12.6. The fourth-order valence-electron chi connectivity index (χ4n) is 3.00. The van der Waals surface area contributed by atoms with Crippen LogP contribution >= 0.6 is 0 Å². The molecule has 0 aliphatic rings. The molecule has 6 heteroatoms. The fraction of sp³-hybridized carbons (Fsp3) is 0.100. The van der Waals surface area contributed by atoms with Crippen LogP contribution in [0.3, 0.4) is 0 Å². The summed E-state index contributed by atoms with van der Waals surface area (Å²) in [6.07, 6.45) is 1.42. The molecule has 0 aliphatic heterocycles. The van der Waals surface area contributed by atoms with Gasteiger partial charge < -0.3 is 5.32 Å². The second-order valence-electron chi connectivity index (χ2n) is 6.08. The van der Waals surface area contributed by atoms with Crippen molar-refractivity contribution in [2.24, 2.45) is 0 Å². The van der Waals surface area contributed by atoms with Crippen LogP contribution < -0.4 is 5.32 Å². The van der Waals surface area contributed by atoms with Crippen molar-refractivity contribution in [1.29, 1.82) is 0 Å². The quantitative estimate of drug-likeness (QED) is 0.616. The first-order valence-electron chi connectivity index (χ1n) is 8.26. The molecule has 0 saturated carbocycles. The lowest BCUT2D eigenvalue weighted by molar-refractivity contribution is 0.102. The SMILES string of the molecule is Cc1cc(C)n(-c2cc(NC(=O)c3cccc4ccccc34)ncn2)n1. The molecule has 0 radical (unpaired) electrons. The number of amides is 1. The van der Waals surface area contributed by atoms with Crippen LogP contribution in [0.25, 0.3) is 16.6 Å². The van der Waals surface area contributed by atoms with Crippen molar-refractivity contribution in [2.45, 2.75) is 13.8 Å². The Hall–Kier alpha value is -3.54. The van der Waals surface area contributed by atoms with Crippen molar-refractivity contribution in [2.75, 3.05) is 5.32 Å². The van der Waals surface area contributed by atoms with Crippen molar-refractivity contribution >= 4 is 22.5 Å². The standard InChI is InChI=1S/C20H17N5O/c1-13-10-14(2)25(24-13)19-11-18(21-12-22-19)23-20(26)17-9-5-7-15-6-3-4-8-16(15)17/h3-12H,1-2H3,(H,21,22,23,26). The molecule has 0 spiro atoms. The molecule has 0 atom stereocenters. The minimum absolute atomic E-state index is 0.209. The molecule has 0 bridgehead atoms. The van der Waals surface area contributed by atoms with E-state index in [2.05, 4.69) is 20.4 Å². The molecule has 2 aromatic heterocycles. The van der Waals surface area contributed by atoms with E-state index < -0.39 is 0 Å². The molecule has 2 heterocycles. The van der Waals surface area contributed by atoms with Crippen LogP contribution in [-0.4, -0.2) is 25.7 Å². The minimum Gasteiger partial charge on any atom is -0.306 e. The number of benzene rings is 2. The van der Waals surface area contributed by atoms with Gasteiger partial charge in [0.1, 0.15) is 12.1 Å². The number of carbonyl (C=O) groups excluding carboxylic acids is 1. The number of rotatable bonds is 3. The average molecular weight is 343 g/mol. The number of anilines is 1. The summed E-state index contributed by atoms with van der Waals surface area (Å²) >= 11 is 0. The van der Waals surface area contributed by atoms with Crippen LogP contribution in [0.1, 0.15) is 21.7 Å². The lowest BCUT2D eigenvalue weighted by atomic mass is 10.0. The van der Waals surface area contributed by atoms with Crippen LogP contribution in [0.15, 0.2) is 60.9 Å². The van der Waals surface area contributed by atoms with Gasteiger partial charge in [-0.2, -0.15) is 5.10 Å². The second-order valence-corrected chi connectivity index (χ2v) is 6.08. The normalized spacial score (nSPS) is 10.8. The highest BCUT2D eigenvalue weighted by Gasteiger charge is 2.12. The summed E-state index contributed by atoms with van der Waals surface area (Å²) in [5, 5.41) is 9.19. The van der Waals surface area contributed by atoms with Gasteiger partial charge in [-0.3, -0.25) is 4.79 Å². The lowest BCUT2D eigenvalue weighted by Crippen LogP contribution is -2.14. The zero-order chi connectivity index (χ0) is 18.1. The highest BCUT2D eigenvalue weighted by molar-refractivity contribution is 6.12. The third kappa shape index (κ3) is 2.93. The third-order valence-corrected chi connectivity index (χ3v) is 4.16. The zero-order valence-electron chi connectivity index (χ0n) is 14.5. The summed E-state index contributed by atoms with van der Waals surface area (Å²) in [5.74, 6) is 0.833. The molecule has 1 amide bonds. The van der Waals surface area contributed by atoms with E-state index in [4.69, 9.17) is 0 Å². The van der Waals surface area contributed by atoms with Crippen molar-refractivity contribution in [3.05, 3.63) is 77.9 Å². The van der Waals surface area contributed by atoms with E-state index in [9.17, 15) is 4.79 Å². The molecule has 0 aliphatic carbocycles. The van der Waals surface area contributed by atoms with Crippen molar-refractivity contribution in [1.82, 2.24) is 19.7 Å². The monoisotopic (exact) mass is 343 g/mol. The number of nitrogens with one attached hydrogen (secondary N) is 1. The Kier molecular flexibility index (Phi) is 3.93. The van der Waals surface area contributed by atoms with Gasteiger partial charge in [-0.15, -0.1) is 0 Å². The van der Waals surface area contributed by atoms with Gasteiger partial charge in [0.05, 0.1) is 5.69 Å². The van der Waals surface area contributed by atoms with Crippen LogP contribution in [0.5, 0.6) is 0 Å². The van der Waals surface area contributed by atoms with Crippen molar-refractivity contribution in [3.8, 4) is 5.82 Å². The molecule has 26 heavy (non-hydrogen) atoms. The highest BCUT2D eigenvalue weighted by Crippen LogP contribution is 2.20. The van der Waals surface area contributed by atoms with E-state index in [0.29, 0.717) is 17.2 Å². The van der Waals surface area contributed by atoms with E-state index in [0.717, 1.165) is 22.2 Å². The predicted octanol–water partition coefficient (Wildman–Crippen LogP) is 3.68. The third-order valence-electron chi connectivity index (χ3n) is 4.16. The van der Waals surface area contributed by atoms with Gasteiger partial charge in [-0.05, 0) is 36.8 Å². The summed E-state index contributed by atoms with van der Waals surface area (Å²) in [6, 6.07) is 17.1. The molecule has 2 aromatic carbocycles. The predicted molar refractivity (Wildman–Crippen MR) is 101 cm³/mol. The summed E-state index contributed by atoms with van der Waals surface area (Å²) in [4.78, 5) is 21.2. The maximum atomic E-state index is 12.8. The van der Waals surface area contributed by atoms with Gasteiger partial charge in [0.2, 0.25) is 0 Å². The first kappa shape index (κ1) is 16.0. The molecule has 4 aromatic rings. The Labute approximate surface area is 150 Å². The topological polar surface area (TPSA) is 72.7 Å². The van der Waals surface area contributed by atoms with E-state index in [1.807, 2.05) is 56.3 Å². The minimum atomic E-state index is -0.209. The largest absolute Gasteiger partial charge is 0.306 e. The van der Waals surface area contributed by atoms with Gasteiger partial charge >= 0.3 is 0 Å². The molecular formula is C20H17N5O. The number of aromatic nitrogens is 4. The number of hydrogen-bond donors (Lipinski definition) is 1. The number of fused-ring (bicyclic) bond motifs is 1. The van der Waals surface area contributed by atoms with Gasteiger partial charge in [0.15, 0.2) is 5.82 Å². The second kappa shape index (κ2) is 6.40. The zero-order valence-corrected chi connectivity index (χ0v) is 14.5. The first-order valence-corrected chi connectivity index (χ1v) is 8.26. The van der Waals surface area contributed by atoms with E-state index >= 15 is 0 Å². The molecule has 4 rings (SSSR count). The van der Waals surface area contributed by atoms with Gasteiger partial charge in [-0.25, -0.2) is 14.6 Å². The summed E-state index contributed by atoms with van der Waals surface area (Å²) in [7, 11) is 0. The van der Waals surface area contributed by atoms with E-state index in [-0.39, 0.29) is 5.91 Å². The number of hydrogen-bond acceptors (Lipinski definition) is 4. The molecule has 128 valence electrons. The van der Waals surface area contributed by atoms with Crippen LogP contribution in [-0.2, 0) is 0 Å².